The lowest BCUT2D eigenvalue weighted by Gasteiger charge is -2.11. The number of esters is 1. The third kappa shape index (κ3) is 3.78. The number of hydrogen-bond acceptors (Lipinski definition) is 6. The van der Waals surface area contributed by atoms with Gasteiger partial charge in [0.25, 0.3) is 10.0 Å². The minimum absolute atomic E-state index is 0.107. The van der Waals surface area contributed by atoms with E-state index in [1.807, 2.05) is 0 Å². The molecule has 1 aromatic rings. The molecule has 0 atom stereocenters. The van der Waals surface area contributed by atoms with Crippen molar-refractivity contribution in [1.29, 1.82) is 0 Å². The lowest BCUT2D eigenvalue weighted by molar-refractivity contribution is -0.127. The smallest absolute Gasteiger partial charge is 0.342 e. The van der Waals surface area contributed by atoms with Crippen molar-refractivity contribution in [2.45, 2.75) is 11.9 Å². The first kappa shape index (κ1) is 16.1. The van der Waals surface area contributed by atoms with Gasteiger partial charge in [-0.1, -0.05) is 0 Å². The summed E-state index contributed by atoms with van der Waals surface area (Å²) in [5.41, 5.74) is -0.211. The van der Waals surface area contributed by atoms with Crippen molar-refractivity contribution in [2.24, 2.45) is 0 Å². The Morgan fingerprint density at radius 1 is 1.45 bits per heavy atom. The van der Waals surface area contributed by atoms with Gasteiger partial charge in [-0.25, -0.2) is 17.9 Å². The predicted octanol–water partition coefficient (Wildman–Crippen LogP) is -1.05. The number of carbonyl (C=O) groups excluding carboxylic acids is 2. The molecule has 1 rings (SSSR count). The Morgan fingerprint density at radius 2 is 2.10 bits per heavy atom. The number of carbonyl (C=O) groups is 2. The van der Waals surface area contributed by atoms with E-state index >= 15 is 0 Å². The molecule has 0 radical (unpaired) electrons. The largest absolute Gasteiger partial charge is 0.462 e. The number of amides is 1. The topological polar surface area (TPSA) is 121 Å². The average Bonchev–Trinajstić information content (AvgIpc) is 2.86. The zero-order valence-corrected chi connectivity index (χ0v) is 12.2. The molecule has 1 aromatic heterocycles. The Bertz CT molecular complexity index is 593. The number of hydrogen-bond donors (Lipinski definition) is 2. The SMILES string of the molecule is CCOC(=O)c1cn[nH]c1S(=O)(=O)NCC(=O)N(C)C. The summed E-state index contributed by atoms with van der Waals surface area (Å²) in [4.78, 5) is 24.2. The second-order valence-corrected chi connectivity index (χ2v) is 5.65. The van der Waals surface area contributed by atoms with E-state index in [4.69, 9.17) is 4.74 Å². The van der Waals surface area contributed by atoms with E-state index in [-0.39, 0.29) is 12.2 Å². The average molecular weight is 304 g/mol. The van der Waals surface area contributed by atoms with E-state index in [2.05, 4.69) is 14.9 Å². The summed E-state index contributed by atoms with van der Waals surface area (Å²) < 4.78 is 30.8. The second kappa shape index (κ2) is 6.48. The van der Waals surface area contributed by atoms with Crippen LogP contribution >= 0.6 is 0 Å². The summed E-state index contributed by atoms with van der Waals surface area (Å²) in [5, 5.41) is 5.30. The summed E-state index contributed by atoms with van der Waals surface area (Å²) in [6, 6.07) is 0. The fourth-order valence-corrected chi connectivity index (χ4v) is 2.28. The van der Waals surface area contributed by atoms with Crippen molar-refractivity contribution >= 4 is 21.9 Å². The minimum Gasteiger partial charge on any atom is -0.462 e. The molecule has 20 heavy (non-hydrogen) atoms. The number of aromatic nitrogens is 2. The molecule has 0 fully saturated rings. The van der Waals surface area contributed by atoms with Crippen LogP contribution in [0.3, 0.4) is 0 Å². The molecule has 1 amide bonds. The third-order valence-corrected chi connectivity index (χ3v) is 3.65. The van der Waals surface area contributed by atoms with Crippen molar-refractivity contribution in [3.8, 4) is 0 Å². The van der Waals surface area contributed by atoms with Crippen LogP contribution in [-0.2, 0) is 19.6 Å². The molecule has 0 aromatic carbocycles. The molecule has 2 N–H and O–H groups in total. The fraction of sp³-hybridized carbons (Fsp3) is 0.500. The number of nitrogens with one attached hydrogen (secondary N) is 2. The highest BCUT2D eigenvalue weighted by atomic mass is 32.2. The van der Waals surface area contributed by atoms with Crippen LogP contribution in [0.2, 0.25) is 0 Å². The number of rotatable bonds is 6. The van der Waals surface area contributed by atoms with E-state index < -0.39 is 33.5 Å². The number of aromatic amines is 1. The van der Waals surface area contributed by atoms with E-state index in [0.29, 0.717) is 0 Å². The van der Waals surface area contributed by atoms with Gasteiger partial charge in [0.2, 0.25) is 5.91 Å². The van der Waals surface area contributed by atoms with Gasteiger partial charge >= 0.3 is 5.97 Å². The zero-order chi connectivity index (χ0) is 15.3. The lowest BCUT2D eigenvalue weighted by atomic mass is 10.4. The van der Waals surface area contributed by atoms with E-state index in [1.165, 1.54) is 19.0 Å². The number of likely N-dealkylation sites (N-methyl/N-ethyl adjacent to an activating group) is 1. The molecular weight excluding hydrogens is 288 g/mol. The van der Waals surface area contributed by atoms with Gasteiger partial charge in [0.05, 0.1) is 19.3 Å². The van der Waals surface area contributed by atoms with Crippen molar-refractivity contribution in [1.82, 2.24) is 19.8 Å². The number of sulfonamides is 1. The van der Waals surface area contributed by atoms with Crippen molar-refractivity contribution < 1.29 is 22.7 Å². The molecule has 1 heterocycles. The van der Waals surface area contributed by atoms with Crippen LogP contribution in [-0.4, -0.2) is 62.6 Å². The van der Waals surface area contributed by atoms with Gasteiger partial charge < -0.3 is 9.64 Å². The first-order chi connectivity index (χ1) is 9.29. The van der Waals surface area contributed by atoms with Gasteiger partial charge in [-0.2, -0.15) is 5.10 Å². The quantitative estimate of drug-likeness (QED) is 0.647. The second-order valence-electron chi connectivity index (χ2n) is 3.95. The first-order valence-corrected chi connectivity index (χ1v) is 7.18. The highest BCUT2D eigenvalue weighted by Crippen LogP contribution is 2.12. The maximum absolute atomic E-state index is 12.0. The maximum atomic E-state index is 12.0. The van der Waals surface area contributed by atoms with Crippen LogP contribution in [0, 0.1) is 0 Å². The first-order valence-electron chi connectivity index (χ1n) is 5.70. The molecule has 0 aliphatic heterocycles. The van der Waals surface area contributed by atoms with Crippen molar-refractivity contribution in [3.63, 3.8) is 0 Å². The zero-order valence-electron chi connectivity index (χ0n) is 11.3. The van der Waals surface area contributed by atoms with Crippen LogP contribution in [0.1, 0.15) is 17.3 Å². The number of nitrogens with zero attached hydrogens (tertiary/aromatic N) is 2. The summed E-state index contributed by atoms with van der Waals surface area (Å²) in [7, 11) is -1.06. The molecule has 9 nitrogen and oxygen atoms in total. The summed E-state index contributed by atoms with van der Waals surface area (Å²) >= 11 is 0. The minimum atomic E-state index is -4.06. The Balaban J connectivity index is 2.91. The van der Waals surface area contributed by atoms with Gasteiger partial charge in [-0.3, -0.25) is 9.89 Å². The van der Waals surface area contributed by atoms with Gasteiger partial charge in [0, 0.05) is 14.1 Å². The third-order valence-electron chi connectivity index (χ3n) is 2.28. The van der Waals surface area contributed by atoms with Gasteiger partial charge in [-0.15, -0.1) is 0 Å². The molecule has 0 aliphatic carbocycles. The van der Waals surface area contributed by atoms with Gasteiger partial charge in [0.1, 0.15) is 5.56 Å². The number of ether oxygens (including phenoxy) is 1. The van der Waals surface area contributed by atoms with Crippen LogP contribution < -0.4 is 4.72 Å². The van der Waals surface area contributed by atoms with Gasteiger partial charge in [-0.05, 0) is 6.92 Å². The standard InChI is InChI=1S/C10H16N4O5S/c1-4-19-10(16)7-5-11-13-9(7)20(17,18)12-6-8(15)14(2)3/h5,12H,4,6H2,1-3H3,(H,11,13). The van der Waals surface area contributed by atoms with Gasteiger partial charge in [0.15, 0.2) is 5.03 Å². The molecule has 0 bridgehead atoms. The molecular formula is C10H16N4O5S. The van der Waals surface area contributed by atoms with Crippen LogP contribution in [0.25, 0.3) is 0 Å². The maximum Gasteiger partial charge on any atom is 0.342 e. The Kier molecular flexibility index (Phi) is 5.22. The predicted molar refractivity (Wildman–Crippen MR) is 68.4 cm³/mol. The summed E-state index contributed by atoms with van der Waals surface area (Å²) in [5.74, 6) is -1.23. The Morgan fingerprint density at radius 3 is 2.65 bits per heavy atom. The molecule has 112 valence electrons. The molecule has 0 spiro atoms. The van der Waals surface area contributed by atoms with Crippen LogP contribution in [0.5, 0.6) is 0 Å². The summed E-state index contributed by atoms with van der Waals surface area (Å²) in [6.45, 7) is 1.28. The van der Waals surface area contributed by atoms with E-state index in [0.717, 1.165) is 6.20 Å². The van der Waals surface area contributed by atoms with E-state index in [9.17, 15) is 18.0 Å². The highest BCUT2D eigenvalue weighted by Gasteiger charge is 2.26. The molecule has 10 heteroatoms. The fourth-order valence-electron chi connectivity index (χ4n) is 1.22. The van der Waals surface area contributed by atoms with Crippen LogP contribution in [0.15, 0.2) is 11.2 Å². The monoisotopic (exact) mass is 304 g/mol. The molecule has 0 saturated carbocycles. The highest BCUT2D eigenvalue weighted by molar-refractivity contribution is 7.89. The molecule has 0 unspecified atom stereocenters. The van der Waals surface area contributed by atoms with Crippen LogP contribution in [0.4, 0.5) is 0 Å². The number of H-pyrrole nitrogens is 1. The lowest BCUT2D eigenvalue weighted by Crippen LogP contribution is -2.36. The summed E-state index contributed by atoms with van der Waals surface area (Å²) in [6.07, 6.45) is 1.06. The van der Waals surface area contributed by atoms with Crippen molar-refractivity contribution in [3.05, 3.63) is 11.8 Å². The molecule has 0 saturated heterocycles. The molecule has 0 aliphatic rings. The van der Waals surface area contributed by atoms with E-state index in [1.54, 1.807) is 6.92 Å². The van der Waals surface area contributed by atoms with Crippen molar-refractivity contribution in [2.75, 3.05) is 27.2 Å². The normalized spacial score (nSPS) is 11.2. The Labute approximate surface area is 116 Å². The Hall–Kier alpha value is -1.94.